The van der Waals surface area contributed by atoms with Crippen LogP contribution in [0.3, 0.4) is 0 Å². The van der Waals surface area contributed by atoms with Crippen LogP contribution >= 0.6 is 23.5 Å². The highest BCUT2D eigenvalue weighted by atomic mass is 32.2. The average molecular weight is 313 g/mol. The Morgan fingerprint density at radius 3 is 2.25 bits per heavy atom. The van der Waals surface area contributed by atoms with Gasteiger partial charge in [0.1, 0.15) is 12.4 Å². The highest BCUT2D eigenvalue weighted by molar-refractivity contribution is 8.13. The molecule has 0 aliphatic heterocycles. The summed E-state index contributed by atoms with van der Waals surface area (Å²) >= 11 is 2.51. The number of carbonyl (C=O) groups is 2. The van der Waals surface area contributed by atoms with Crippen LogP contribution in [0.2, 0.25) is 0 Å². The fourth-order valence-electron chi connectivity index (χ4n) is 1.50. The highest BCUT2D eigenvalue weighted by Crippen LogP contribution is 2.26. The standard InChI is InChI=1S/C14H19NO3S2/c1-10(16)19-8-12-3-4-14(18-6-5-15)7-13(12)9-20-11(2)17/h3-4,7H,5-6,8-9,15H2,1-2H3. The lowest BCUT2D eigenvalue weighted by Gasteiger charge is -2.11. The van der Waals surface area contributed by atoms with Gasteiger partial charge in [-0.1, -0.05) is 29.6 Å². The van der Waals surface area contributed by atoms with Gasteiger partial charge in [-0.15, -0.1) is 0 Å². The van der Waals surface area contributed by atoms with Crippen molar-refractivity contribution in [2.45, 2.75) is 25.4 Å². The van der Waals surface area contributed by atoms with Crippen molar-refractivity contribution in [1.82, 2.24) is 0 Å². The molecule has 0 atom stereocenters. The Balaban J connectivity index is 2.84. The summed E-state index contributed by atoms with van der Waals surface area (Å²) in [7, 11) is 0. The topological polar surface area (TPSA) is 69.4 Å². The summed E-state index contributed by atoms with van der Waals surface area (Å²) in [6.45, 7) is 4.01. The van der Waals surface area contributed by atoms with Gasteiger partial charge in [-0.25, -0.2) is 0 Å². The fraction of sp³-hybridized carbons (Fsp3) is 0.429. The molecule has 4 nitrogen and oxygen atoms in total. The number of carbonyl (C=O) groups excluding carboxylic acids is 2. The second kappa shape index (κ2) is 9.05. The van der Waals surface area contributed by atoms with Crippen LogP contribution in [0.5, 0.6) is 5.75 Å². The van der Waals surface area contributed by atoms with Gasteiger partial charge in [-0.05, 0) is 23.3 Å². The van der Waals surface area contributed by atoms with Crippen LogP contribution in [0.1, 0.15) is 25.0 Å². The van der Waals surface area contributed by atoms with Gasteiger partial charge in [-0.3, -0.25) is 9.59 Å². The Bertz CT molecular complexity index is 477. The first-order valence-corrected chi connectivity index (χ1v) is 8.21. The second-order valence-corrected chi connectivity index (χ2v) is 6.43. The van der Waals surface area contributed by atoms with Gasteiger partial charge in [0, 0.05) is 31.9 Å². The van der Waals surface area contributed by atoms with E-state index in [2.05, 4.69) is 0 Å². The molecule has 0 amide bonds. The van der Waals surface area contributed by atoms with E-state index < -0.39 is 0 Å². The molecule has 110 valence electrons. The van der Waals surface area contributed by atoms with Crippen molar-refractivity contribution >= 4 is 33.8 Å². The maximum absolute atomic E-state index is 11.1. The van der Waals surface area contributed by atoms with Gasteiger partial charge >= 0.3 is 0 Å². The van der Waals surface area contributed by atoms with Crippen LogP contribution in [0.4, 0.5) is 0 Å². The lowest BCUT2D eigenvalue weighted by molar-refractivity contribution is -0.109. The summed E-state index contributed by atoms with van der Waals surface area (Å²) in [6.07, 6.45) is 0. The minimum Gasteiger partial charge on any atom is -0.492 e. The van der Waals surface area contributed by atoms with E-state index in [-0.39, 0.29) is 10.2 Å². The number of nitrogens with two attached hydrogens (primary N) is 1. The van der Waals surface area contributed by atoms with Gasteiger partial charge in [0.25, 0.3) is 0 Å². The smallest absolute Gasteiger partial charge is 0.186 e. The number of rotatable bonds is 7. The van der Waals surface area contributed by atoms with Crippen LogP contribution in [0.15, 0.2) is 18.2 Å². The minimum absolute atomic E-state index is 0.0726. The van der Waals surface area contributed by atoms with E-state index in [1.54, 1.807) is 13.8 Å². The molecule has 2 N–H and O–H groups in total. The van der Waals surface area contributed by atoms with Crippen LogP contribution in [0.25, 0.3) is 0 Å². The molecule has 0 aliphatic carbocycles. The lowest BCUT2D eigenvalue weighted by Crippen LogP contribution is -2.10. The first kappa shape index (κ1) is 17.1. The third-order valence-corrected chi connectivity index (χ3v) is 4.15. The SMILES string of the molecule is CC(=O)SCc1ccc(OCCN)cc1CSC(C)=O. The summed E-state index contributed by atoms with van der Waals surface area (Å²) in [5.74, 6) is 1.94. The Hall–Kier alpha value is -0.980. The van der Waals surface area contributed by atoms with E-state index in [0.717, 1.165) is 16.9 Å². The number of thioether (sulfide) groups is 2. The van der Waals surface area contributed by atoms with Crippen molar-refractivity contribution in [1.29, 1.82) is 0 Å². The zero-order chi connectivity index (χ0) is 15.0. The average Bonchev–Trinajstić information content (AvgIpc) is 2.41. The van der Waals surface area contributed by atoms with E-state index >= 15 is 0 Å². The summed E-state index contributed by atoms with van der Waals surface area (Å²) in [4.78, 5) is 22.2. The van der Waals surface area contributed by atoms with Crippen molar-refractivity contribution in [2.75, 3.05) is 13.2 Å². The van der Waals surface area contributed by atoms with Gasteiger partial charge in [-0.2, -0.15) is 0 Å². The molecule has 0 aliphatic rings. The van der Waals surface area contributed by atoms with Crippen LogP contribution in [-0.2, 0) is 21.1 Å². The molecule has 0 unspecified atom stereocenters. The lowest BCUT2D eigenvalue weighted by atomic mass is 10.1. The third kappa shape index (κ3) is 6.45. The summed E-state index contributed by atoms with van der Waals surface area (Å²) < 4.78 is 5.49. The van der Waals surface area contributed by atoms with Crippen molar-refractivity contribution in [3.8, 4) is 5.75 Å². The molecule has 1 aromatic rings. The van der Waals surface area contributed by atoms with Crippen LogP contribution < -0.4 is 10.5 Å². The molecule has 1 rings (SSSR count). The van der Waals surface area contributed by atoms with Gasteiger partial charge in [0.15, 0.2) is 10.2 Å². The molecule has 0 spiro atoms. The molecule has 0 bridgehead atoms. The second-order valence-electron chi connectivity index (χ2n) is 4.13. The molecule has 6 heteroatoms. The summed E-state index contributed by atoms with van der Waals surface area (Å²) in [5.41, 5.74) is 7.49. The number of hydrogen-bond acceptors (Lipinski definition) is 6. The highest BCUT2D eigenvalue weighted by Gasteiger charge is 2.08. The fourth-order valence-corrected chi connectivity index (χ4v) is 2.77. The molecular formula is C14H19NO3S2. The van der Waals surface area contributed by atoms with Gasteiger partial charge in [0.05, 0.1) is 0 Å². The Labute approximate surface area is 127 Å². The van der Waals surface area contributed by atoms with Crippen molar-refractivity contribution in [3.63, 3.8) is 0 Å². The van der Waals surface area contributed by atoms with Gasteiger partial charge in [0.2, 0.25) is 0 Å². The Morgan fingerprint density at radius 2 is 1.70 bits per heavy atom. The number of benzene rings is 1. The monoisotopic (exact) mass is 313 g/mol. The van der Waals surface area contributed by atoms with E-state index in [9.17, 15) is 9.59 Å². The molecule has 0 heterocycles. The van der Waals surface area contributed by atoms with E-state index in [1.165, 1.54) is 23.5 Å². The van der Waals surface area contributed by atoms with E-state index in [0.29, 0.717) is 24.7 Å². The maximum atomic E-state index is 11.1. The quantitative estimate of drug-likeness (QED) is 0.834. The molecular weight excluding hydrogens is 294 g/mol. The van der Waals surface area contributed by atoms with E-state index in [4.69, 9.17) is 10.5 Å². The largest absolute Gasteiger partial charge is 0.492 e. The summed E-state index contributed by atoms with van der Waals surface area (Å²) in [6, 6.07) is 5.73. The predicted molar refractivity (Wildman–Crippen MR) is 84.9 cm³/mol. The predicted octanol–water partition coefficient (Wildman–Crippen LogP) is 2.58. The van der Waals surface area contributed by atoms with Crippen molar-refractivity contribution < 1.29 is 14.3 Å². The summed E-state index contributed by atoms with van der Waals surface area (Å²) in [5, 5.41) is 0.155. The molecule has 0 saturated heterocycles. The molecule has 0 fully saturated rings. The number of hydrogen-bond donors (Lipinski definition) is 1. The van der Waals surface area contributed by atoms with E-state index in [1.807, 2.05) is 18.2 Å². The molecule has 1 aromatic carbocycles. The van der Waals surface area contributed by atoms with Crippen LogP contribution in [0, 0.1) is 0 Å². The Kier molecular flexibility index (Phi) is 7.72. The normalized spacial score (nSPS) is 10.3. The van der Waals surface area contributed by atoms with Crippen molar-refractivity contribution in [3.05, 3.63) is 29.3 Å². The third-order valence-electron chi connectivity index (χ3n) is 2.43. The maximum Gasteiger partial charge on any atom is 0.186 e. The number of ether oxygens (including phenoxy) is 1. The molecule has 20 heavy (non-hydrogen) atoms. The minimum atomic E-state index is 0.0726. The Morgan fingerprint density at radius 1 is 1.10 bits per heavy atom. The zero-order valence-corrected chi connectivity index (χ0v) is 13.3. The molecule has 0 radical (unpaired) electrons. The van der Waals surface area contributed by atoms with Gasteiger partial charge < -0.3 is 10.5 Å². The first-order chi connectivity index (χ1) is 9.52. The first-order valence-electron chi connectivity index (χ1n) is 6.24. The molecule has 0 aromatic heterocycles. The zero-order valence-electron chi connectivity index (χ0n) is 11.7. The molecule has 0 saturated carbocycles. The van der Waals surface area contributed by atoms with Crippen molar-refractivity contribution in [2.24, 2.45) is 5.73 Å². The van der Waals surface area contributed by atoms with Crippen LogP contribution in [-0.4, -0.2) is 23.4 Å².